The molecule has 7 heteroatoms. The fraction of sp³-hybridized carbons (Fsp3) is 0.444. The Balaban J connectivity index is 1.39. The fourth-order valence-corrected chi connectivity index (χ4v) is 3.57. The van der Waals surface area contributed by atoms with Crippen molar-refractivity contribution >= 4 is 11.6 Å². The van der Waals surface area contributed by atoms with Crippen molar-refractivity contribution in [3.63, 3.8) is 0 Å². The normalized spacial score (nSPS) is 25.9. The Hall–Kier alpha value is -2.70. The monoisotopic (exact) mass is 339 g/mol. The van der Waals surface area contributed by atoms with E-state index in [9.17, 15) is 4.79 Å². The second kappa shape index (κ2) is 7.04. The van der Waals surface area contributed by atoms with Crippen LogP contribution in [0.3, 0.4) is 0 Å². The van der Waals surface area contributed by atoms with Crippen molar-refractivity contribution in [1.29, 1.82) is 0 Å². The van der Waals surface area contributed by atoms with Crippen molar-refractivity contribution < 1.29 is 9.63 Å². The summed E-state index contributed by atoms with van der Waals surface area (Å²) in [4.78, 5) is 22.1. The Bertz CT molecular complexity index is 744. The summed E-state index contributed by atoms with van der Waals surface area (Å²) in [7, 11) is 0. The SMILES string of the molecule is O=C(N[C@@H]1CCCC[C@@H]1n1cccn1)[C@H]1CC(c2cccnc2)=NO1. The van der Waals surface area contributed by atoms with Gasteiger partial charge in [0.15, 0.2) is 0 Å². The van der Waals surface area contributed by atoms with Gasteiger partial charge in [0, 0.05) is 36.8 Å². The van der Waals surface area contributed by atoms with Gasteiger partial charge in [0.2, 0.25) is 6.10 Å². The molecule has 1 N–H and O–H groups in total. The van der Waals surface area contributed by atoms with Crippen molar-refractivity contribution in [2.75, 3.05) is 0 Å². The van der Waals surface area contributed by atoms with E-state index in [1.165, 1.54) is 0 Å². The van der Waals surface area contributed by atoms with E-state index in [-0.39, 0.29) is 18.0 Å². The number of rotatable bonds is 4. The fourth-order valence-electron chi connectivity index (χ4n) is 3.57. The lowest BCUT2D eigenvalue weighted by molar-refractivity contribution is -0.132. The summed E-state index contributed by atoms with van der Waals surface area (Å²) in [6, 6.07) is 5.97. The molecule has 0 radical (unpaired) electrons. The van der Waals surface area contributed by atoms with E-state index < -0.39 is 6.10 Å². The molecular formula is C18H21N5O2. The minimum absolute atomic E-state index is 0.0761. The average molecular weight is 339 g/mol. The topological polar surface area (TPSA) is 81.4 Å². The highest BCUT2D eigenvalue weighted by molar-refractivity contribution is 6.03. The van der Waals surface area contributed by atoms with Gasteiger partial charge in [0.1, 0.15) is 0 Å². The number of carbonyl (C=O) groups is 1. The van der Waals surface area contributed by atoms with E-state index in [2.05, 4.69) is 20.6 Å². The smallest absolute Gasteiger partial charge is 0.264 e. The van der Waals surface area contributed by atoms with Crippen LogP contribution in [-0.4, -0.2) is 38.5 Å². The molecule has 1 aliphatic carbocycles. The second-order valence-corrected chi connectivity index (χ2v) is 6.53. The minimum Gasteiger partial charge on any atom is -0.382 e. The Kier molecular flexibility index (Phi) is 4.45. The number of pyridine rings is 1. The summed E-state index contributed by atoms with van der Waals surface area (Å²) in [6.07, 6.45) is 11.3. The summed E-state index contributed by atoms with van der Waals surface area (Å²) in [5.41, 5.74) is 1.66. The first-order chi connectivity index (χ1) is 12.3. The molecule has 3 atom stereocenters. The molecule has 25 heavy (non-hydrogen) atoms. The molecule has 1 saturated carbocycles. The number of nitrogens with zero attached hydrogens (tertiary/aromatic N) is 4. The van der Waals surface area contributed by atoms with Crippen LogP contribution in [0.25, 0.3) is 0 Å². The first-order valence-electron chi connectivity index (χ1n) is 8.74. The zero-order valence-corrected chi connectivity index (χ0v) is 13.9. The highest BCUT2D eigenvalue weighted by Crippen LogP contribution is 2.28. The Labute approximate surface area is 146 Å². The van der Waals surface area contributed by atoms with E-state index >= 15 is 0 Å². The van der Waals surface area contributed by atoms with Crippen molar-refractivity contribution in [2.24, 2.45) is 5.16 Å². The molecular weight excluding hydrogens is 318 g/mol. The number of nitrogens with one attached hydrogen (secondary N) is 1. The molecule has 1 fully saturated rings. The van der Waals surface area contributed by atoms with Gasteiger partial charge >= 0.3 is 0 Å². The lowest BCUT2D eigenvalue weighted by atomic mass is 9.90. The van der Waals surface area contributed by atoms with Crippen LogP contribution in [-0.2, 0) is 9.63 Å². The van der Waals surface area contributed by atoms with E-state index in [1.807, 2.05) is 29.1 Å². The Morgan fingerprint density at radius 3 is 2.96 bits per heavy atom. The van der Waals surface area contributed by atoms with Crippen LogP contribution < -0.4 is 5.32 Å². The third kappa shape index (κ3) is 3.40. The summed E-state index contributed by atoms with van der Waals surface area (Å²) in [6.45, 7) is 0. The second-order valence-electron chi connectivity index (χ2n) is 6.53. The van der Waals surface area contributed by atoms with Gasteiger partial charge in [-0.15, -0.1) is 0 Å². The Morgan fingerprint density at radius 1 is 1.24 bits per heavy atom. The van der Waals surface area contributed by atoms with Gasteiger partial charge in [0.05, 0.1) is 17.8 Å². The molecule has 2 aliphatic rings. The standard InChI is InChI=1S/C18H21N5O2/c24-18(17-11-15(22-25-17)13-5-3-8-19-12-13)21-14-6-1-2-7-16(14)23-10-4-9-20-23/h3-5,8-10,12,14,16-17H,1-2,6-7,11H2,(H,21,24)/t14-,16+,17-/m1/s1. The first-order valence-corrected chi connectivity index (χ1v) is 8.74. The molecule has 1 aliphatic heterocycles. The van der Waals surface area contributed by atoms with E-state index in [1.54, 1.807) is 18.6 Å². The molecule has 0 saturated heterocycles. The number of carbonyl (C=O) groups excluding carboxylic acids is 1. The van der Waals surface area contributed by atoms with E-state index in [0.717, 1.165) is 37.0 Å². The molecule has 0 bridgehead atoms. The number of hydrogen-bond acceptors (Lipinski definition) is 5. The van der Waals surface area contributed by atoms with Crippen LogP contribution in [0, 0.1) is 0 Å². The Morgan fingerprint density at radius 2 is 2.16 bits per heavy atom. The summed E-state index contributed by atoms with van der Waals surface area (Å²) < 4.78 is 1.96. The van der Waals surface area contributed by atoms with E-state index in [0.29, 0.717) is 6.42 Å². The number of oxime groups is 1. The summed E-state index contributed by atoms with van der Waals surface area (Å²) in [5.74, 6) is -0.105. The maximum Gasteiger partial charge on any atom is 0.264 e. The quantitative estimate of drug-likeness (QED) is 0.924. The van der Waals surface area contributed by atoms with Gasteiger partial charge < -0.3 is 10.2 Å². The molecule has 130 valence electrons. The number of amides is 1. The van der Waals surface area contributed by atoms with Crippen LogP contribution in [0.1, 0.15) is 43.7 Å². The predicted molar refractivity (Wildman–Crippen MR) is 91.9 cm³/mol. The van der Waals surface area contributed by atoms with Gasteiger partial charge in [-0.25, -0.2) is 0 Å². The molecule has 4 rings (SSSR count). The van der Waals surface area contributed by atoms with Crippen molar-refractivity contribution in [3.05, 3.63) is 48.5 Å². The highest BCUT2D eigenvalue weighted by Gasteiger charge is 2.34. The van der Waals surface area contributed by atoms with Crippen LogP contribution in [0.15, 0.2) is 48.1 Å². The molecule has 0 aromatic carbocycles. The third-order valence-corrected chi connectivity index (χ3v) is 4.88. The maximum absolute atomic E-state index is 12.7. The third-order valence-electron chi connectivity index (χ3n) is 4.88. The van der Waals surface area contributed by atoms with E-state index in [4.69, 9.17) is 4.84 Å². The molecule has 2 aromatic rings. The zero-order valence-electron chi connectivity index (χ0n) is 13.9. The predicted octanol–water partition coefficient (Wildman–Crippen LogP) is 2.07. The van der Waals surface area contributed by atoms with Crippen molar-refractivity contribution in [3.8, 4) is 0 Å². The minimum atomic E-state index is -0.574. The molecule has 0 spiro atoms. The first kappa shape index (κ1) is 15.8. The lowest BCUT2D eigenvalue weighted by Gasteiger charge is -2.32. The maximum atomic E-state index is 12.7. The van der Waals surface area contributed by atoms with Crippen LogP contribution in [0.2, 0.25) is 0 Å². The molecule has 3 heterocycles. The molecule has 0 unspecified atom stereocenters. The average Bonchev–Trinajstić information content (AvgIpc) is 3.35. The highest BCUT2D eigenvalue weighted by atomic mass is 16.6. The summed E-state index contributed by atoms with van der Waals surface area (Å²) in [5, 5.41) is 11.6. The zero-order chi connectivity index (χ0) is 17.1. The van der Waals surface area contributed by atoms with Crippen LogP contribution in [0.4, 0.5) is 0 Å². The summed E-state index contributed by atoms with van der Waals surface area (Å²) >= 11 is 0. The molecule has 2 aromatic heterocycles. The molecule has 7 nitrogen and oxygen atoms in total. The van der Waals surface area contributed by atoms with Crippen LogP contribution in [0.5, 0.6) is 0 Å². The number of hydrogen-bond donors (Lipinski definition) is 1. The van der Waals surface area contributed by atoms with Gasteiger partial charge in [0.25, 0.3) is 5.91 Å². The lowest BCUT2D eigenvalue weighted by Crippen LogP contribution is -2.47. The van der Waals surface area contributed by atoms with Gasteiger partial charge in [-0.05, 0) is 31.0 Å². The largest absolute Gasteiger partial charge is 0.382 e. The number of aromatic nitrogens is 3. The van der Waals surface area contributed by atoms with Crippen molar-refractivity contribution in [2.45, 2.75) is 50.3 Å². The van der Waals surface area contributed by atoms with Gasteiger partial charge in [-0.1, -0.05) is 18.0 Å². The van der Waals surface area contributed by atoms with Crippen LogP contribution >= 0.6 is 0 Å². The molecule has 1 amide bonds. The van der Waals surface area contributed by atoms with Gasteiger partial charge in [-0.2, -0.15) is 5.10 Å². The van der Waals surface area contributed by atoms with Crippen molar-refractivity contribution in [1.82, 2.24) is 20.1 Å². The van der Waals surface area contributed by atoms with Gasteiger partial charge in [-0.3, -0.25) is 14.5 Å².